The van der Waals surface area contributed by atoms with Crippen molar-refractivity contribution in [2.24, 2.45) is 0 Å². The van der Waals surface area contributed by atoms with Gasteiger partial charge < -0.3 is 0 Å². The average Bonchev–Trinajstić information content (AvgIpc) is 2.59. The number of benzene rings is 3. The van der Waals surface area contributed by atoms with E-state index in [1.807, 2.05) is 30.3 Å². The average molecular weight is 303 g/mol. The maximum Gasteiger partial charge on any atom is 0.299 e. The largest absolute Gasteiger partial charge is 0.299 e. The number of fused-ring (bicyclic) bond motifs is 4. The Balaban J connectivity index is 2.10. The molecule has 3 heteroatoms. The summed E-state index contributed by atoms with van der Waals surface area (Å²) in [7, 11) is 0. The summed E-state index contributed by atoms with van der Waals surface area (Å²) in [5.74, 6) is -3.02. The molecule has 0 atom stereocenters. The Hall–Kier alpha value is -2.81. The monoisotopic (exact) mass is 303 g/mol. The number of halogens is 2. The molecule has 110 valence electrons. The van der Waals surface area contributed by atoms with Crippen molar-refractivity contribution in [2.45, 2.75) is 5.92 Å². The van der Waals surface area contributed by atoms with Crippen molar-refractivity contribution in [1.29, 1.82) is 0 Å². The third-order valence-electron chi connectivity index (χ3n) is 4.63. The van der Waals surface area contributed by atoms with E-state index in [1.54, 1.807) is 30.5 Å². The molecule has 0 amide bonds. The Morgan fingerprint density at radius 3 is 2.48 bits per heavy atom. The second-order valence-corrected chi connectivity index (χ2v) is 5.85. The normalized spacial score (nSPS) is 14.9. The van der Waals surface area contributed by atoms with Crippen molar-refractivity contribution >= 4 is 21.5 Å². The van der Waals surface area contributed by atoms with E-state index in [-0.39, 0.29) is 11.1 Å². The molecule has 0 unspecified atom stereocenters. The van der Waals surface area contributed by atoms with E-state index >= 15 is 8.78 Å². The van der Waals surface area contributed by atoms with Gasteiger partial charge in [0.2, 0.25) is 0 Å². The third kappa shape index (κ3) is 1.51. The lowest BCUT2D eigenvalue weighted by Gasteiger charge is -2.28. The van der Waals surface area contributed by atoms with E-state index in [1.165, 1.54) is 6.07 Å². The lowest BCUT2D eigenvalue weighted by molar-refractivity contribution is 0.0444. The van der Waals surface area contributed by atoms with Gasteiger partial charge in [-0.3, -0.25) is 4.98 Å². The number of hydrogen-bond donors (Lipinski definition) is 0. The Morgan fingerprint density at radius 1 is 0.783 bits per heavy atom. The van der Waals surface area contributed by atoms with Crippen LogP contribution in [0.5, 0.6) is 0 Å². The highest BCUT2D eigenvalue weighted by molar-refractivity contribution is 6.14. The third-order valence-corrected chi connectivity index (χ3v) is 4.63. The molecular weight excluding hydrogens is 292 g/mol. The second kappa shape index (κ2) is 4.13. The molecule has 1 nitrogen and oxygen atoms in total. The van der Waals surface area contributed by atoms with Gasteiger partial charge in [-0.15, -0.1) is 0 Å². The molecule has 1 aliphatic carbocycles. The first-order valence-electron chi connectivity index (χ1n) is 7.46. The van der Waals surface area contributed by atoms with Crippen LogP contribution in [0.15, 0.2) is 66.9 Å². The lowest BCUT2D eigenvalue weighted by Crippen LogP contribution is -2.21. The van der Waals surface area contributed by atoms with Gasteiger partial charge in [0.1, 0.15) is 0 Å². The Labute approximate surface area is 131 Å². The SMILES string of the molecule is FC1(F)c2ccccc2-c2nccc3c2c1cc1ccccc13. The zero-order chi connectivity index (χ0) is 15.6. The van der Waals surface area contributed by atoms with Gasteiger partial charge in [-0.05, 0) is 28.3 Å². The molecule has 5 rings (SSSR count). The molecule has 0 N–H and O–H groups in total. The molecule has 0 fully saturated rings. The van der Waals surface area contributed by atoms with Crippen LogP contribution in [-0.2, 0) is 5.92 Å². The molecule has 1 aromatic heterocycles. The summed E-state index contributed by atoms with van der Waals surface area (Å²) >= 11 is 0. The minimum Gasteiger partial charge on any atom is -0.256 e. The highest BCUT2D eigenvalue weighted by Crippen LogP contribution is 2.50. The second-order valence-electron chi connectivity index (χ2n) is 5.85. The van der Waals surface area contributed by atoms with Crippen LogP contribution in [0.1, 0.15) is 11.1 Å². The molecule has 1 aliphatic rings. The summed E-state index contributed by atoms with van der Waals surface area (Å²) in [6.45, 7) is 0. The summed E-state index contributed by atoms with van der Waals surface area (Å²) in [6, 6.07) is 17.7. The topological polar surface area (TPSA) is 12.9 Å². The van der Waals surface area contributed by atoms with Crippen LogP contribution in [0.4, 0.5) is 8.78 Å². The predicted molar refractivity (Wildman–Crippen MR) is 87.7 cm³/mol. The Kier molecular flexibility index (Phi) is 2.28. The van der Waals surface area contributed by atoms with Crippen LogP contribution < -0.4 is 0 Å². The smallest absolute Gasteiger partial charge is 0.256 e. The van der Waals surface area contributed by atoms with Gasteiger partial charge in [0.25, 0.3) is 5.92 Å². The molecule has 0 aliphatic heterocycles. The number of rotatable bonds is 0. The minimum atomic E-state index is -3.02. The molecule has 1 heterocycles. The summed E-state index contributed by atoms with van der Waals surface area (Å²) < 4.78 is 30.3. The maximum atomic E-state index is 15.2. The van der Waals surface area contributed by atoms with Gasteiger partial charge in [0, 0.05) is 28.3 Å². The number of pyridine rings is 1. The van der Waals surface area contributed by atoms with Crippen LogP contribution in [0, 0.1) is 0 Å². The summed E-state index contributed by atoms with van der Waals surface area (Å²) in [5, 5.41) is 3.20. The molecule has 0 bridgehead atoms. The van der Waals surface area contributed by atoms with E-state index in [2.05, 4.69) is 4.98 Å². The number of nitrogens with zero attached hydrogens (tertiary/aromatic N) is 1. The van der Waals surface area contributed by atoms with E-state index in [0.717, 1.165) is 16.2 Å². The molecule has 0 radical (unpaired) electrons. The van der Waals surface area contributed by atoms with Crippen molar-refractivity contribution in [2.75, 3.05) is 0 Å². The van der Waals surface area contributed by atoms with E-state index < -0.39 is 5.92 Å². The molecule has 0 saturated heterocycles. The fourth-order valence-corrected chi connectivity index (χ4v) is 3.62. The van der Waals surface area contributed by atoms with Crippen LogP contribution in [0.2, 0.25) is 0 Å². The Morgan fingerprint density at radius 2 is 1.57 bits per heavy atom. The van der Waals surface area contributed by atoms with E-state index in [9.17, 15) is 0 Å². The summed E-state index contributed by atoms with van der Waals surface area (Å²) in [4.78, 5) is 4.42. The first kappa shape index (κ1) is 12.7. The fraction of sp³-hybridized carbons (Fsp3) is 0.0500. The van der Waals surface area contributed by atoms with Gasteiger partial charge >= 0.3 is 0 Å². The van der Waals surface area contributed by atoms with Crippen molar-refractivity contribution in [3.63, 3.8) is 0 Å². The van der Waals surface area contributed by atoms with Crippen LogP contribution in [-0.4, -0.2) is 4.98 Å². The minimum absolute atomic E-state index is 0.0304. The van der Waals surface area contributed by atoms with Crippen molar-refractivity contribution < 1.29 is 8.78 Å². The van der Waals surface area contributed by atoms with E-state index in [4.69, 9.17) is 0 Å². The van der Waals surface area contributed by atoms with Crippen LogP contribution in [0.3, 0.4) is 0 Å². The first-order valence-corrected chi connectivity index (χ1v) is 7.46. The van der Waals surface area contributed by atoms with Gasteiger partial charge in [0.05, 0.1) is 5.69 Å². The standard InChI is InChI=1S/C20H11F2N/c21-20(22)16-8-4-3-7-15(16)19-18-14(9-10-23-19)13-6-2-1-5-12(13)11-17(18)20/h1-11H. The molecular formula is C20H11F2N. The van der Waals surface area contributed by atoms with Gasteiger partial charge in [0.15, 0.2) is 0 Å². The predicted octanol–water partition coefficient (Wildman–Crippen LogP) is 5.51. The lowest BCUT2D eigenvalue weighted by atomic mass is 9.82. The van der Waals surface area contributed by atoms with Crippen LogP contribution in [0.25, 0.3) is 32.8 Å². The molecule has 3 aromatic carbocycles. The maximum absolute atomic E-state index is 15.2. The molecule has 4 aromatic rings. The quantitative estimate of drug-likeness (QED) is 0.390. The number of alkyl halides is 2. The van der Waals surface area contributed by atoms with Gasteiger partial charge in [-0.1, -0.05) is 48.5 Å². The highest BCUT2D eigenvalue weighted by Gasteiger charge is 2.42. The van der Waals surface area contributed by atoms with Gasteiger partial charge in [-0.2, -0.15) is 8.78 Å². The molecule has 0 saturated carbocycles. The highest BCUT2D eigenvalue weighted by atomic mass is 19.3. The Bertz CT molecular complexity index is 1100. The molecule has 0 spiro atoms. The van der Waals surface area contributed by atoms with Crippen molar-refractivity contribution in [3.8, 4) is 11.3 Å². The van der Waals surface area contributed by atoms with Gasteiger partial charge in [-0.25, -0.2) is 0 Å². The number of aromatic nitrogens is 1. The fourth-order valence-electron chi connectivity index (χ4n) is 3.62. The zero-order valence-electron chi connectivity index (χ0n) is 12.1. The van der Waals surface area contributed by atoms with Crippen LogP contribution >= 0.6 is 0 Å². The summed E-state index contributed by atoms with van der Waals surface area (Å²) in [5.41, 5.74) is 1.24. The summed E-state index contributed by atoms with van der Waals surface area (Å²) in [6.07, 6.45) is 1.70. The van der Waals surface area contributed by atoms with Crippen molar-refractivity contribution in [3.05, 3.63) is 78.0 Å². The van der Waals surface area contributed by atoms with Crippen molar-refractivity contribution in [1.82, 2.24) is 4.98 Å². The van der Waals surface area contributed by atoms with E-state index in [0.29, 0.717) is 16.6 Å². The number of hydrogen-bond acceptors (Lipinski definition) is 1. The zero-order valence-corrected chi connectivity index (χ0v) is 12.1. The first-order chi connectivity index (χ1) is 11.2. The molecule has 23 heavy (non-hydrogen) atoms.